The van der Waals surface area contributed by atoms with Gasteiger partial charge in [-0.2, -0.15) is 4.39 Å². The summed E-state index contributed by atoms with van der Waals surface area (Å²) in [6.07, 6.45) is 0.691. The van der Waals surface area contributed by atoms with Gasteiger partial charge in [-0.3, -0.25) is 9.69 Å². The van der Waals surface area contributed by atoms with E-state index >= 15 is 4.39 Å². The number of benzene rings is 2. The van der Waals surface area contributed by atoms with E-state index in [0.29, 0.717) is 41.6 Å². The SMILES string of the molecule is CC(C)[C@@H]1CN(c2ccc(-c3cc(-c4ccc5c(c4)CCNC5=O)c(N)nc3F)c(F)c2)CCN1C. The number of anilines is 2. The van der Waals surface area contributed by atoms with Gasteiger partial charge in [0.25, 0.3) is 5.91 Å². The highest BCUT2D eigenvalue weighted by atomic mass is 19.1. The lowest BCUT2D eigenvalue weighted by Gasteiger charge is -2.42. The topological polar surface area (TPSA) is 74.5 Å². The maximum absolute atomic E-state index is 15.4. The summed E-state index contributed by atoms with van der Waals surface area (Å²) in [6, 6.07) is 12.2. The summed E-state index contributed by atoms with van der Waals surface area (Å²) in [6.45, 7) is 7.46. The van der Waals surface area contributed by atoms with Crippen molar-refractivity contribution in [1.29, 1.82) is 0 Å². The minimum atomic E-state index is -0.820. The molecular weight excluding hydrogens is 460 g/mol. The fourth-order valence-corrected chi connectivity index (χ4v) is 5.29. The van der Waals surface area contributed by atoms with Gasteiger partial charge in [0.05, 0.1) is 0 Å². The molecule has 8 heteroatoms. The Morgan fingerprint density at radius 2 is 1.81 bits per heavy atom. The van der Waals surface area contributed by atoms with E-state index in [1.807, 2.05) is 12.1 Å². The van der Waals surface area contributed by atoms with Gasteiger partial charge in [0, 0.05) is 60.2 Å². The van der Waals surface area contributed by atoms with Crippen LogP contribution in [-0.4, -0.2) is 55.1 Å². The molecule has 1 fully saturated rings. The first-order valence-corrected chi connectivity index (χ1v) is 12.4. The normalized spacial score (nSPS) is 18.3. The van der Waals surface area contributed by atoms with Crippen molar-refractivity contribution in [1.82, 2.24) is 15.2 Å². The summed E-state index contributed by atoms with van der Waals surface area (Å²) >= 11 is 0. The van der Waals surface area contributed by atoms with Gasteiger partial charge < -0.3 is 16.0 Å². The number of carbonyl (C=O) groups is 1. The molecule has 2 aliphatic rings. The highest BCUT2D eigenvalue weighted by Crippen LogP contribution is 2.35. The molecule has 2 aliphatic heterocycles. The second-order valence-electron chi connectivity index (χ2n) is 10.0. The number of pyridine rings is 1. The Bertz CT molecular complexity index is 1330. The second-order valence-corrected chi connectivity index (χ2v) is 10.0. The van der Waals surface area contributed by atoms with Crippen LogP contribution in [0.3, 0.4) is 0 Å². The Balaban J connectivity index is 1.48. The fourth-order valence-electron chi connectivity index (χ4n) is 5.29. The van der Waals surface area contributed by atoms with Gasteiger partial charge in [0.15, 0.2) is 0 Å². The van der Waals surface area contributed by atoms with Gasteiger partial charge in [0.1, 0.15) is 11.6 Å². The minimum Gasteiger partial charge on any atom is -0.383 e. The van der Waals surface area contributed by atoms with E-state index in [1.54, 1.807) is 24.3 Å². The number of nitrogens with zero attached hydrogens (tertiary/aromatic N) is 3. The average molecular weight is 492 g/mol. The molecule has 0 radical (unpaired) electrons. The Kier molecular flexibility index (Phi) is 6.38. The van der Waals surface area contributed by atoms with E-state index in [0.717, 1.165) is 30.9 Å². The van der Waals surface area contributed by atoms with Crippen molar-refractivity contribution < 1.29 is 13.6 Å². The summed E-state index contributed by atoms with van der Waals surface area (Å²) in [5, 5.41) is 2.82. The summed E-state index contributed by atoms with van der Waals surface area (Å²) in [7, 11) is 2.12. The van der Waals surface area contributed by atoms with Crippen molar-refractivity contribution >= 4 is 17.4 Å². The van der Waals surface area contributed by atoms with Crippen LogP contribution in [0.25, 0.3) is 22.3 Å². The smallest absolute Gasteiger partial charge is 0.251 e. The number of nitrogens with two attached hydrogens (primary N) is 1. The number of halogens is 2. The van der Waals surface area contributed by atoms with Crippen LogP contribution in [-0.2, 0) is 6.42 Å². The molecule has 0 spiro atoms. The molecule has 188 valence electrons. The maximum Gasteiger partial charge on any atom is 0.251 e. The largest absolute Gasteiger partial charge is 0.383 e. The highest BCUT2D eigenvalue weighted by molar-refractivity contribution is 5.97. The first kappa shape index (κ1) is 24.2. The number of aromatic nitrogens is 1. The van der Waals surface area contributed by atoms with Crippen LogP contribution >= 0.6 is 0 Å². The zero-order valence-electron chi connectivity index (χ0n) is 20.8. The second kappa shape index (κ2) is 9.50. The number of carbonyl (C=O) groups excluding carboxylic acids is 1. The monoisotopic (exact) mass is 491 g/mol. The van der Waals surface area contributed by atoms with Crippen LogP contribution in [0.1, 0.15) is 29.8 Å². The summed E-state index contributed by atoms with van der Waals surface area (Å²) in [5.74, 6) is -0.944. The van der Waals surface area contributed by atoms with Crippen molar-refractivity contribution in [2.24, 2.45) is 5.92 Å². The number of likely N-dealkylation sites (N-methyl/N-ethyl adjacent to an activating group) is 1. The van der Waals surface area contributed by atoms with Crippen LogP contribution in [0.2, 0.25) is 0 Å². The summed E-state index contributed by atoms with van der Waals surface area (Å²) in [4.78, 5) is 20.5. The first-order chi connectivity index (χ1) is 17.2. The molecule has 1 atom stereocenters. The number of rotatable bonds is 4. The number of piperazine rings is 1. The van der Waals surface area contributed by atoms with Gasteiger partial charge in [-0.1, -0.05) is 26.0 Å². The van der Waals surface area contributed by atoms with Crippen LogP contribution < -0.4 is 16.0 Å². The Hall–Kier alpha value is -3.52. The molecule has 3 heterocycles. The summed E-state index contributed by atoms with van der Waals surface area (Å²) in [5.41, 5.74) is 9.77. The van der Waals surface area contributed by atoms with Gasteiger partial charge in [-0.15, -0.1) is 0 Å². The first-order valence-electron chi connectivity index (χ1n) is 12.4. The Labute approximate surface area is 210 Å². The molecule has 0 unspecified atom stereocenters. The third kappa shape index (κ3) is 4.41. The predicted molar refractivity (Wildman–Crippen MR) is 139 cm³/mol. The average Bonchev–Trinajstić information content (AvgIpc) is 2.84. The molecular formula is C28H31F2N5O. The van der Waals surface area contributed by atoms with E-state index in [1.165, 1.54) is 6.07 Å². The maximum atomic E-state index is 15.4. The molecule has 36 heavy (non-hydrogen) atoms. The molecule has 5 rings (SSSR count). The third-order valence-electron chi connectivity index (χ3n) is 7.42. The van der Waals surface area contributed by atoms with E-state index in [4.69, 9.17) is 5.73 Å². The molecule has 2 aromatic carbocycles. The highest BCUT2D eigenvalue weighted by Gasteiger charge is 2.27. The number of amides is 1. The number of hydrogen-bond donors (Lipinski definition) is 2. The van der Waals surface area contributed by atoms with Crippen LogP contribution in [0, 0.1) is 17.7 Å². The van der Waals surface area contributed by atoms with E-state index in [9.17, 15) is 9.18 Å². The Morgan fingerprint density at radius 1 is 1.03 bits per heavy atom. The minimum absolute atomic E-state index is 0.0191. The molecule has 1 amide bonds. The van der Waals surface area contributed by atoms with E-state index in [-0.39, 0.29) is 22.9 Å². The Morgan fingerprint density at radius 3 is 2.56 bits per heavy atom. The molecule has 0 saturated carbocycles. The van der Waals surface area contributed by atoms with Crippen molar-refractivity contribution in [2.75, 3.05) is 43.9 Å². The number of nitrogens with one attached hydrogen (secondary N) is 1. The molecule has 0 bridgehead atoms. The molecule has 6 nitrogen and oxygen atoms in total. The van der Waals surface area contributed by atoms with Crippen molar-refractivity contribution in [3.05, 3.63) is 65.4 Å². The van der Waals surface area contributed by atoms with Crippen molar-refractivity contribution in [3.63, 3.8) is 0 Å². The van der Waals surface area contributed by atoms with Gasteiger partial charge in [-0.05, 0) is 60.8 Å². The lowest BCUT2D eigenvalue weighted by Crippen LogP contribution is -2.53. The molecule has 1 aromatic heterocycles. The van der Waals surface area contributed by atoms with Crippen LogP contribution in [0.15, 0.2) is 42.5 Å². The number of hydrogen-bond acceptors (Lipinski definition) is 5. The third-order valence-corrected chi connectivity index (χ3v) is 7.42. The van der Waals surface area contributed by atoms with Crippen LogP contribution in [0.5, 0.6) is 0 Å². The number of fused-ring (bicyclic) bond motifs is 1. The van der Waals surface area contributed by atoms with E-state index in [2.05, 4.69) is 41.0 Å². The molecule has 3 aromatic rings. The standard InChI is InChI=1S/C28H31F2N5O/c1-16(2)25-15-35(11-10-34(25)3)19-5-7-21(24(29)13-19)23-14-22(27(31)33-26(23)30)17-4-6-20-18(12-17)8-9-32-28(20)36/h4-7,12-14,16,25H,8-11,15H2,1-3H3,(H2,31,33)(H,32,36)/t25-/m0/s1. The van der Waals surface area contributed by atoms with E-state index < -0.39 is 11.8 Å². The zero-order chi connectivity index (χ0) is 25.6. The van der Waals surface area contributed by atoms with Crippen molar-refractivity contribution in [3.8, 4) is 22.3 Å². The van der Waals surface area contributed by atoms with Crippen molar-refractivity contribution in [2.45, 2.75) is 26.3 Å². The predicted octanol–water partition coefficient (Wildman–Crippen LogP) is 4.34. The lowest BCUT2D eigenvalue weighted by molar-refractivity contribution is 0.0946. The lowest BCUT2D eigenvalue weighted by atomic mass is 9.94. The van der Waals surface area contributed by atoms with Gasteiger partial charge in [-0.25, -0.2) is 9.37 Å². The number of nitrogen functional groups attached to an aromatic ring is 1. The van der Waals surface area contributed by atoms with Crippen LogP contribution in [0.4, 0.5) is 20.3 Å². The molecule has 3 N–H and O–H groups in total. The quantitative estimate of drug-likeness (QED) is 0.531. The van der Waals surface area contributed by atoms with Gasteiger partial charge in [0.2, 0.25) is 5.95 Å². The summed E-state index contributed by atoms with van der Waals surface area (Å²) < 4.78 is 30.3. The van der Waals surface area contributed by atoms with Gasteiger partial charge >= 0.3 is 0 Å². The zero-order valence-corrected chi connectivity index (χ0v) is 20.8. The fraction of sp³-hybridized carbons (Fsp3) is 0.357. The molecule has 0 aliphatic carbocycles. The molecule has 1 saturated heterocycles.